The van der Waals surface area contributed by atoms with Crippen LogP contribution in [0, 0.1) is 11.3 Å². The first kappa shape index (κ1) is 25.9. The molecule has 4 rings (SSSR count). The highest BCUT2D eigenvalue weighted by Crippen LogP contribution is 2.27. The predicted molar refractivity (Wildman–Crippen MR) is 134 cm³/mol. The number of hydrogen-bond acceptors (Lipinski definition) is 10. The molecule has 0 aliphatic carbocycles. The number of aromatic carboxylic acids is 2. The molecule has 4 N–H and O–H groups in total. The first-order chi connectivity index (χ1) is 18.1. The second-order valence-corrected chi connectivity index (χ2v) is 9.55. The van der Waals surface area contributed by atoms with Crippen molar-refractivity contribution in [3.05, 3.63) is 83.9 Å². The molecule has 0 spiro atoms. The summed E-state index contributed by atoms with van der Waals surface area (Å²) in [5.74, 6) is -2.87. The summed E-state index contributed by atoms with van der Waals surface area (Å²) in [4.78, 5) is 22.4. The summed E-state index contributed by atoms with van der Waals surface area (Å²) in [5, 5.41) is 51.8. The fraction of sp³-hybridized carbons (Fsp3) is 0.0833. The highest BCUT2D eigenvalue weighted by Gasteiger charge is 2.37. The number of azo groups is 1. The molecule has 14 heteroatoms. The number of benzene rings is 3. The molecule has 3 aromatic rings. The highest BCUT2D eigenvalue weighted by molar-refractivity contribution is 7.92. The van der Waals surface area contributed by atoms with Crippen molar-refractivity contribution in [1.82, 2.24) is 0 Å². The van der Waals surface area contributed by atoms with Gasteiger partial charge in [0.2, 0.25) is 0 Å². The topological polar surface area (TPSA) is 205 Å². The zero-order valence-corrected chi connectivity index (χ0v) is 20.0. The van der Waals surface area contributed by atoms with E-state index in [1.54, 1.807) is 30.3 Å². The number of carboxylic acids is 2. The number of hydrazone groups is 1. The van der Waals surface area contributed by atoms with Crippen LogP contribution in [0.1, 0.15) is 20.7 Å². The molecule has 13 nitrogen and oxygen atoms in total. The quantitative estimate of drug-likeness (QED) is 0.313. The third kappa shape index (κ3) is 5.48. The molecule has 1 aliphatic rings. The monoisotopic (exact) mass is 534 g/mol. The van der Waals surface area contributed by atoms with E-state index in [-0.39, 0.29) is 22.0 Å². The second kappa shape index (κ2) is 10.5. The van der Waals surface area contributed by atoms with Crippen molar-refractivity contribution in [3.63, 3.8) is 0 Å². The van der Waals surface area contributed by atoms with Gasteiger partial charge < -0.3 is 15.3 Å². The lowest BCUT2D eigenvalue weighted by atomic mass is 10.1. The van der Waals surface area contributed by atoms with Crippen LogP contribution in [0.4, 0.5) is 17.1 Å². The van der Waals surface area contributed by atoms with Gasteiger partial charge >= 0.3 is 11.9 Å². The van der Waals surface area contributed by atoms with Crippen molar-refractivity contribution in [2.24, 2.45) is 15.3 Å². The average Bonchev–Trinajstić information content (AvgIpc) is 3.22. The lowest BCUT2D eigenvalue weighted by Gasteiger charge is -2.20. The van der Waals surface area contributed by atoms with E-state index in [9.17, 15) is 38.6 Å². The van der Waals surface area contributed by atoms with E-state index in [1.165, 1.54) is 23.2 Å². The van der Waals surface area contributed by atoms with E-state index in [1.807, 2.05) is 6.07 Å². The van der Waals surface area contributed by atoms with Crippen LogP contribution < -0.4 is 9.73 Å². The van der Waals surface area contributed by atoms with Gasteiger partial charge in [-0.1, -0.05) is 24.3 Å². The van der Waals surface area contributed by atoms with Gasteiger partial charge in [-0.25, -0.2) is 23.0 Å². The van der Waals surface area contributed by atoms with Crippen molar-refractivity contribution in [3.8, 4) is 6.07 Å². The third-order valence-electron chi connectivity index (χ3n) is 5.27. The summed E-state index contributed by atoms with van der Waals surface area (Å²) in [6, 6.07) is 17.5. The minimum absolute atomic E-state index is 0.0704. The Balaban J connectivity index is 1.58. The Morgan fingerprint density at radius 1 is 0.974 bits per heavy atom. The van der Waals surface area contributed by atoms with Crippen molar-refractivity contribution < 1.29 is 33.3 Å². The molecule has 2 unspecified atom stereocenters. The number of hydrogen-bond donors (Lipinski definition) is 4. The van der Waals surface area contributed by atoms with Crippen LogP contribution in [0.5, 0.6) is 0 Å². The van der Waals surface area contributed by atoms with E-state index in [0.717, 1.165) is 24.3 Å². The number of carbonyl (C=O) groups is 2. The Morgan fingerprint density at radius 2 is 1.63 bits per heavy atom. The minimum Gasteiger partial charge on any atom is -0.478 e. The van der Waals surface area contributed by atoms with Gasteiger partial charge in [-0.3, -0.25) is 4.72 Å². The van der Waals surface area contributed by atoms with Crippen LogP contribution in [0.15, 0.2) is 93.0 Å². The molecule has 3 aromatic carbocycles. The summed E-state index contributed by atoms with van der Waals surface area (Å²) in [6.07, 6.45) is -1.32. The minimum atomic E-state index is -4.30. The van der Waals surface area contributed by atoms with Gasteiger partial charge in [0, 0.05) is 0 Å². The van der Waals surface area contributed by atoms with Crippen LogP contribution >= 0.6 is 0 Å². The fourth-order valence-electron chi connectivity index (χ4n) is 3.49. The van der Waals surface area contributed by atoms with Gasteiger partial charge in [-0.2, -0.15) is 20.6 Å². The number of nitrogens with zero attached hydrogens (tertiary/aromatic N) is 5. The van der Waals surface area contributed by atoms with Gasteiger partial charge in [0.25, 0.3) is 10.0 Å². The van der Waals surface area contributed by atoms with Gasteiger partial charge in [0.1, 0.15) is 6.07 Å². The number of nitrogens with one attached hydrogen (secondary N) is 1. The standard InChI is InChI=1S/C24H18N6O7S/c25-13-20-21(22(31)30(28-20)18-6-2-1-3-7-18)27-26-16-5-4-8-19(12-16)38(36,37)29-17-10-14(23(32)33)9-15(11-17)24(34)35/h1-12,21-22,29,31H,(H,32,33)(H,34,35). The molecule has 192 valence electrons. The molecule has 0 bridgehead atoms. The van der Waals surface area contributed by atoms with Crippen molar-refractivity contribution in [1.29, 1.82) is 5.26 Å². The fourth-order valence-corrected chi connectivity index (χ4v) is 4.57. The van der Waals surface area contributed by atoms with Crippen LogP contribution in [-0.2, 0) is 10.0 Å². The maximum atomic E-state index is 12.9. The molecule has 0 fully saturated rings. The Morgan fingerprint density at radius 3 is 2.24 bits per heavy atom. The van der Waals surface area contributed by atoms with Gasteiger partial charge in [-0.05, 0) is 48.5 Å². The number of para-hydroxylation sites is 1. The van der Waals surface area contributed by atoms with E-state index in [4.69, 9.17) is 0 Å². The normalized spacial score (nSPS) is 17.2. The number of nitriles is 1. The molecule has 0 radical (unpaired) electrons. The number of rotatable bonds is 8. The zero-order chi connectivity index (χ0) is 27.4. The van der Waals surface area contributed by atoms with E-state index in [0.29, 0.717) is 5.69 Å². The Kier molecular flexibility index (Phi) is 7.15. The Labute approximate surface area is 215 Å². The lowest BCUT2D eigenvalue weighted by Crippen LogP contribution is -2.35. The Hall–Kier alpha value is -5.13. The third-order valence-corrected chi connectivity index (χ3v) is 6.65. The molecule has 2 atom stereocenters. The molecular weight excluding hydrogens is 516 g/mol. The molecule has 38 heavy (non-hydrogen) atoms. The summed E-state index contributed by atoms with van der Waals surface area (Å²) < 4.78 is 28.0. The predicted octanol–water partition coefficient (Wildman–Crippen LogP) is 3.05. The van der Waals surface area contributed by atoms with Crippen LogP contribution in [0.2, 0.25) is 0 Å². The van der Waals surface area contributed by atoms with Crippen molar-refractivity contribution in [2.45, 2.75) is 17.2 Å². The maximum Gasteiger partial charge on any atom is 0.335 e. The summed E-state index contributed by atoms with van der Waals surface area (Å²) in [7, 11) is -4.30. The summed E-state index contributed by atoms with van der Waals surface area (Å²) >= 11 is 0. The van der Waals surface area contributed by atoms with Crippen molar-refractivity contribution in [2.75, 3.05) is 9.73 Å². The van der Waals surface area contributed by atoms with Crippen LogP contribution in [0.25, 0.3) is 0 Å². The molecular formula is C24H18N6O7S. The van der Waals surface area contributed by atoms with Gasteiger partial charge in [0.05, 0.1) is 33.1 Å². The lowest BCUT2D eigenvalue weighted by molar-refractivity contribution is 0.0696. The molecule has 0 amide bonds. The molecule has 1 heterocycles. The number of aliphatic hydroxyl groups is 1. The van der Waals surface area contributed by atoms with E-state index < -0.39 is 45.4 Å². The number of sulfonamides is 1. The van der Waals surface area contributed by atoms with Crippen LogP contribution in [-0.4, -0.2) is 53.7 Å². The number of carboxylic acid groups (broad SMARTS) is 2. The molecule has 0 aromatic heterocycles. The van der Waals surface area contributed by atoms with Crippen LogP contribution in [0.3, 0.4) is 0 Å². The van der Waals surface area contributed by atoms with Gasteiger partial charge in [0.15, 0.2) is 18.0 Å². The first-order valence-corrected chi connectivity index (χ1v) is 12.2. The largest absolute Gasteiger partial charge is 0.478 e. The molecule has 0 saturated carbocycles. The van der Waals surface area contributed by atoms with E-state index in [2.05, 4.69) is 20.1 Å². The highest BCUT2D eigenvalue weighted by atomic mass is 32.2. The molecule has 1 aliphatic heterocycles. The van der Waals surface area contributed by atoms with E-state index >= 15 is 0 Å². The van der Waals surface area contributed by atoms with Gasteiger partial charge in [-0.15, -0.1) is 0 Å². The Bertz CT molecular complexity index is 1580. The first-order valence-electron chi connectivity index (χ1n) is 10.8. The number of anilines is 2. The smallest absolute Gasteiger partial charge is 0.335 e. The summed E-state index contributed by atoms with van der Waals surface area (Å²) in [6.45, 7) is 0. The summed E-state index contributed by atoms with van der Waals surface area (Å²) in [5.41, 5.74) is -0.592. The SMILES string of the molecule is N#CC1=NN(c2ccccc2)C(O)C1N=Nc1cccc(S(=O)(=O)Nc2cc(C(=O)O)cc(C(=O)O)c2)c1. The second-order valence-electron chi connectivity index (χ2n) is 7.86. The number of aliphatic hydroxyl groups excluding tert-OH is 1. The maximum absolute atomic E-state index is 12.9. The average molecular weight is 535 g/mol. The zero-order valence-electron chi connectivity index (χ0n) is 19.2. The molecule has 0 saturated heterocycles. The van der Waals surface area contributed by atoms with Crippen molar-refractivity contribution >= 4 is 44.7 Å².